The van der Waals surface area contributed by atoms with Gasteiger partial charge in [0, 0.05) is 18.2 Å². The predicted molar refractivity (Wildman–Crippen MR) is 125 cm³/mol. The minimum absolute atomic E-state index is 0.00283. The number of carbonyl (C=O) groups is 2. The number of anilines is 1. The fraction of sp³-hybridized carbons (Fsp3) is 0.0500. The summed E-state index contributed by atoms with van der Waals surface area (Å²) < 4.78 is 31.3. The van der Waals surface area contributed by atoms with Gasteiger partial charge in [-0.3, -0.25) is 14.9 Å². The standard InChI is InChI=1S/C20H15Cl2N3O5S2/c1-11(26)25-32(28,29)13-7-5-12(6-8-13)23-20(31)24-19(27)17-10-9-16(30-17)14-3-2-4-15(21)18(14)22/h2-10H,1H3,(H,25,26)(H2,23,24,27,31). The molecule has 0 fully saturated rings. The van der Waals surface area contributed by atoms with Crippen LogP contribution < -0.4 is 15.4 Å². The van der Waals surface area contributed by atoms with E-state index in [0.717, 1.165) is 6.92 Å². The summed E-state index contributed by atoms with van der Waals surface area (Å²) in [5.41, 5.74) is 0.955. The minimum atomic E-state index is -3.95. The van der Waals surface area contributed by atoms with Crippen molar-refractivity contribution in [1.29, 1.82) is 0 Å². The number of sulfonamides is 1. The molecule has 0 unspecified atom stereocenters. The highest BCUT2D eigenvalue weighted by Gasteiger charge is 2.17. The van der Waals surface area contributed by atoms with Crippen molar-refractivity contribution < 1.29 is 22.4 Å². The second-order valence-electron chi connectivity index (χ2n) is 6.36. The van der Waals surface area contributed by atoms with E-state index in [9.17, 15) is 18.0 Å². The van der Waals surface area contributed by atoms with Crippen LogP contribution in [0, 0.1) is 0 Å². The van der Waals surface area contributed by atoms with Gasteiger partial charge in [-0.2, -0.15) is 0 Å². The second kappa shape index (κ2) is 9.70. The molecule has 32 heavy (non-hydrogen) atoms. The lowest BCUT2D eigenvalue weighted by molar-refractivity contribution is -0.117. The van der Waals surface area contributed by atoms with Crippen molar-refractivity contribution in [2.45, 2.75) is 11.8 Å². The average molecular weight is 512 g/mol. The molecule has 166 valence electrons. The van der Waals surface area contributed by atoms with Gasteiger partial charge in [-0.05, 0) is 60.7 Å². The highest BCUT2D eigenvalue weighted by molar-refractivity contribution is 7.90. The van der Waals surface area contributed by atoms with Crippen LogP contribution in [-0.4, -0.2) is 25.3 Å². The Morgan fingerprint density at radius 3 is 2.34 bits per heavy atom. The summed E-state index contributed by atoms with van der Waals surface area (Å²) in [5, 5.41) is 5.83. The molecule has 0 aliphatic heterocycles. The fourth-order valence-electron chi connectivity index (χ4n) is 2.59. The third kappa shape index (κ3) is 5.65. The Morgan fingerprint density at radius 2 is 1.69 bits per heavy atom. The van der Waals surface area contributed by atoms with Crippen molar-refractivity contribution in [3.63, 3.8) is 0 Å². The minimum Gasteiger partial charge on any atom is -0.451 e. The smallest absolute Gasteiger partial charge is 0.293 e. The molecule has 2 aromatic carbocycles. The lowest BCUT2D eigenvalue weighted by Gasteiger charge is -2.10. The van der Waals surface area contributed by atoms with Gasteiger partial charge in [-0.1, -0.05) is 29.3 Å². The molecule has 8 nitrogen and oxygen atoms in total. The zero-order valence-electron chi connectivity index (χ0n) is 16.3. The number of benzene rings is 2. The van der Waals surface area contributed by atoms with Gasteiger partial charge in [0.25, 0.3) is 15.9 Å². The van der Waals surface area contributed by atoms with Gasteiger partial charge in [0.05, 0.1) is 14.9 Å². The lowest BCUT2D eigenvalue weighted by Crippen LogP contribution is -2.33. The Morgan fingerprint density at radius 1 is 1.00 bits per heavy atom. The Balaban J connectivity index is 1.64. The third-order valence-corrected chi connectivity index (χ3v) is 6.45. The molecular formula is C20H15Cl2N3O5S2. The van der Waals surface area contributed by atoms with Gasteiger partial charge in [0.2, 0.25) is 5.91 Å². The Kier molecular flexibility index (Phi) is 7.19. The molecule has 0 saturated heterocycles. The van der Waals surface area contributed by atoms with Crippen LogP contribution in [0.2, 0.25) is 10.0 Å². The first-order chi connectivity index (χ1) is 15.1. The monoisotopic (exact) mass is 511 g/mol. The summed E-state index contributed by atoms with van der Waals surface area (Å²) in [6.07, 6.45) is 0. The number of amides is 2. The number of furan rings is 1. The summed E-state index contributed by atoms with van der Waals surface area (Å²) in [7, 11) is -3.95. The van der Waals surface area contributed by atoms with Crippen LogP contribution in [0.25, 0.3) is 11.3 Å². The largest absolute Gasteiger partial charge is 0.451 e. The van der Waals surface area contributed by atoms with Crippen LogP contribution in [-0.2, 0) is 14.8 Å². The topological polar surface area (TPSA) is 118 Å². The van der Waals surface area contributed by atoms with Gasteiger partial charge in [-0.25, -0.2) is 13.1 Å². The molecule has 12 heteroatoms. The first-order valence-corrected chi connectivity index (χ1v) is 11.5. The van der Waals surface area contributed by atoms with Gasteiger partial charge >= 0.3 is 0 Å². The third-order valence-electron chi connectivity index (χ3n) is 3.97. The number of nitrogens with one attached hydrogen (secondary N) is 3. The lowest BCUT2D eigenvalue weighted by atomic mass is 10.2. The maximum absolute atomic E-state index is 12.4. The highest BCUT2D eigenvalue weighted by Crippen LogP contribution is 2.34. The molecule has 3 aromatic rings. The van der Waals surface area contributed by atoms with Gasteiger partial charge < -0.3 is 9.73 Å². The summed E-state index contributed by atoms with van der Waals surface area (Å²) in [5.74, 6) is -0.944. The molecule has 0 radical (unpaired) electrons. The number of hydrogen-bond donors (Lipinski definition) is 3. The molecule has 0 spiro atoms. The van der Waals surface area contributed by atoms with Crippen molar-refractivity contribution in [1.82, 2.24) is 10.0 Å². The van der Waals surface area contributed by atoms with Crippen molar-refractivity contribution in [3.8, 4) is 11.3 Å². The maximum atomic E-state index is 12.4. The van der Waals surface area contributed by atoms with Crippen molar-refractivity contribution in [2.24, 2.45) is 0 Å². The SMILES string of the molecule is CC(=O)NS(=O)(=O)c1ccc(NC(=S)NC(=O)c2ccc(-c3cccc(Cl)c3Cl)o2)cc1. The number of rotatable bonds is 5. The van der Waals surface area contributed by atoms with Crippen LogP contribution in [0.3, 0.4) is 0 Å². The fourth-order valence-corrected chi connectivity index (χ4v) is 4.19. The first-order valence-electron chi connectivity index (χ1n) is 8.87. The van der Waals surface area contributed by atoms with E-state index in [-0.39, 0.29) is 15.8 Å². The van der Waals surface area contributed by atoms with E-state index < -0.39 is 21.8 Å². The van der Waals surface area contributed by atoms with Gasteiger partial charge in [0.1, 0.15) is 5.76 Å². The van der Waals surface area contributed by atoms with Crippen molar-refractivity contribution >= 4 is 68.1 Å². The molecule has 2 amide bonds. The summed E-state index contributed by atoms with van der Waals surface area (Å²) >= 11 is 17.3. The van der Waals surface area contributed by atoms with E-state index in [0.29, 0.717) is 27.1 Å². The van der Waals surface area contributed by atoms with E-state index in [1.807, 2.05) is 4.72 Å². The quantitative estimate of drug-likeness (QED) is 0.439. The van der Waals surface area contributed by atoms with E-state index in [1.165, 1.54) is 30.3 Å². The summed E-state index contributed by atoms with van der Waals surface area (Å²) in [4.78, 5) is 23.3. The molecule has 1 heterocycles. The number of thiocarbonyl (C=S) groups is 1. The zero-order valence-corrected chi connectivity index (χ0v) is 19.5. The molecule has 0 atom stereocenters. The molecule has 3 rings (SSSR count). The maximum Gasteiger partial charge on any atom is 0.293 e. The van der Waals surface area contributed by atoms with Crippen molar-refractivity contribution in [3.05, 3.63) is 70.4 Å². The van der Waals surface area contributed by atoms with Crippen LogP contribution >= 0.6 is 35.4 Å². The van der Waals surface area contributed by atoms with Gasteiger partial charge in [0.15, 0.2) is 10.9 Å². The molecule has 3 N–H and O–H groups in total. The highest BCUT2D eigenvalue weighted by atomic mass is 35.5. The van der Waals surface area contributed by atoms with Crippen molar-refractivity contribution in [2.75, 3.05) is 5.32 Å². The second-order valence-corrected chi connectivity index (χ2v) is 9.24. The molecule has 0 aliphatic carbocycles. The van der Waals surface area contributed by atoms with Crippen LogP contribution in [0.5, 0.6) is 0 Å². The van der Waals surface area contributed by atoms with Gasteiger partial charge in [-0.15, -0.1) is 0 Å². The van der Waals surface area contributed by atoms with Crippen LogP contribution in [0.4, 0.5) is 5.69 Å². The zero-order chi connectivity index (χ0) is 23.5. The molecule has 0 saturated carbocycles. The first kappa shape index (κ1) is 23.7. The Hall–Kier alpha value is -2.92. The summed E-state index contributed by atoms with van der Waals surface area (Å²) in [6.45, 7) is 1.10. The average Bonchev–Trinajstić information content (AvgIpc) is 3.19. The number of carbonyl (C=O) groups excluding carboxylic acids is 2. The molecular weight excluding hydrogens is 497 g/mol. The summed E-state index contributed by atoms with van der Waals surface area (Å²) in [6, 6.07) is 13.5. The van der Waals surface area contributed by atoms with Crippen LogP contribution in [0.1, 0.15) is 17.5 Å². The van der Waals surface area contributed by atoms with E-state index in [4.69, 9.17) is 39.8 Å². The molecule has 1 aromatic heterocycles. The van der Waals surface area contributed by atoms with E-state index in [1.54, 1.807) is 24.3 Å². The Labute approximate surface area is 198 Å². The molecule has 0 bridgehead atoms. The number of halogens is 2. The van der Waals surface area contributed by atoms with Crippen LogP contribution in [0.15, 0.2) is 63.9 Å². The van der Waals surface area contributed by atoms with E-state index >= 15 is 0 Å². The predicted octanol–water partition coefficient (Wildman–Crippen LogP) is 4.21. The normalized spacial score (nSPS) is 11.0. The number of hydrogen-bond acceptors (Lipinski definition) is 6. The molecule has 0 aliphatic rings. The Bertz CT molecular complexity index is 1310. The van der Waals surface area contributed by atoms with E-state index in [2.05, 4.69) is 10.6 Å².